The number of unbranched alkanes of at least 4 members (excludes halogenated alkanes) is 7. The molecule has 0 aromatic heterocycles. The van der Waals surface area contributed by atoms with Crippen LogP contribution in [-0.4, -0.2) is 19.0 Å². The van der Waals surface area contributed by atoms with E-state index in [0.29, 0.717) is 25.6 Å². The molecule has 0 saturated carbocycles. The van der Waals surface area contributed by atoms with E-state index in [0.717, 1.165) is 43.7 Å². The molecule has 0 aliphatic rings. The Morgan fingerprint density at radius 3 is 1.77 bits per heavy atom. The van der Waals surface area contributed by atoms with Crippen LogP contribution >= 0.6 is 0 Å². The third-order valence-corrected chi connectivity index (χ3v) is 5.95. The van der Waals surface area contributed by atoms with Gasteiger partial charge in [0.2, 0.25) is 0 Å². The Morgan fingerprint density at radius 2 is 1.23 bits per heavy atom. The lowest BCUT2D eigenvalue weighted by molar-refractivity contribution is -0.254. The number of ether oxygens (including phenoxy) is 2. The maximum Gasteiger partial charge on any atom is 0.168 e. The quantitative estimate of drug-likeness (QED) is 0.174. The first kappa shape index (κ1) is 27.0. The number of benzene rings is 1. The van der Waals surface area contributed by atoms with Gasteiger partial charge in [0.05, 0.1) is 0 Å². The summed E-state index contributed by atoms with van der Waals surface area (Å²) in [4.78, 5) is 0. The number of hydrogen-bond acceptors (Lipinski definition) is 2. The van der Waals surface area contributed by atoms with Gasteiger partial charge in [-0.15, -0.1) is 0 Å². The Hall–Kier alpha value is -1.00. The molecular weight excluding hydrogens is 382 g/mol. The second-order valence-corrected chi connectivity index (χ2v) is 8.51. The average Bonchev–Trinajstić information content (AvgIpc) is 2.68. The highest BCUT2D eigenvalue weighted by Gasteiger charge is 2.34. The van der Waals surface area contributed by atoms with Gasteiger partial charge >= 0.3 is 0 Å². The van der Waals surface area contributed by atoms with E-state index in [1.54, 1.807) is 0 Å². The third kappa shape index (κ3) is 10.9. The molecule has 0 bridgehead atoms. The Bertz CT molecular complexity index is 536. The first-order valence-electron chi connectivity index (χ1n) is 12.2. The van der Waals surface area contributed by atoms with Crippen LogP contribution in [0.1, 0.15) is 104 Å². The number of halogens is 2. The van der Waals surface area contributed by atoms with Gasteiger partial charge in [-0.2, -0.15) is 0 Å². The van der Waals surface area contributed by atoms with E-state index in [1.165, 1.54) is 50.7 Å². The van der Waals surface area contributed by atoms with E-state index < -0.39 is 17.4 Å². The minimum atomic E-state index is -0.529. The summed E-state index contributed by atoms with van der Waals surface area (Å²) in [5.74, 6) is -1.14. The molecule has 0 heterocycles. The average molecular weight is 427 g/mol. The molecule has 0 amide bonds. The molecule has 0 aliphatic carbocycles. The molecule has 0 radical (unpaired) electrons. The summed E-state index contributed by atoms with van der Waals surface area (Å²) in [5.41, 5.74) is 0.740. The lowest BCUT2D eigenvalue weighted by atomic mass is 9.87. The molecule has 1 aromatic rings. The summed E-state index contributed by atoms with van der Waals surface area (Å²) >= 11 is 0. The van der Waals surface area contributed by atoms with Crippen LogP contribution in [-0.2, 0) is 15.9 Å². The fourth-order valence-corrected chi connectivity index (χ4v) is 4.34. The van der Waals surface area contributed by atoms with Gasteiger partial charge in [-0.1, -0.05) is 58.3 Å². The standard InChI is InChI=1S/C26H44F2O2/c1-5-8-9-10-11-14-17-23(26(4,29-6-2)30-7-3)18-15-12-13-16-22-19-24(27)21-25(28)20-22/h19-21,23H,5-18H2,1-4H3. The molecular formula is C26H44F2O2. The van der Waals surface area contributed by atoms with Gasteiger partial charge in [-0.05, 0) is 64.2 Å². The van der Waals surface area contributed by atoms with Crippen LogP contribution in [0, 0.1) is 17.6 Å². The van der Waals surface area contributed by atoms with Crippen molar-refractivity contribution in [2.75, 3.05) is 13.2 Å². The lowest BCUT2D eigenvalue weighted by Gasteiger charge is -2.37. The number of rotatable bonds is 18. The zero-order valence-electron chi connectivity index (χ0n) is 19.8. The molecule has 174 valence electrons. The molecule has 0 fully saturated rings. The Balaban J connectivity index is 2.50. The summed E-state index contributed by atoms with van der Waals surface area (Å²) in [7, 11) is 0. The van der Waals surface area contributed by atoms with E-state index >= 15 is 0 Å². The Kier molecular flexibility index (Phi) is 14.2. The summed E-state index contributed by atoms with van der Waals surface area (Å²) in [6.07, 6.45) is 13.7. The van der Waals surface area contributed by atoms with E-state index in [2.05, 4.69) is 13.8 Å². The highest BCUT2D eigenvalue weighted by atomic mass is 19.1. The minimum Gasteiger partial charge on any atom is -0.350 e. The van der Waals surface area contributed by atoms with Gasteiger partial charge in [0.25, 0.3) is 0 Å². The first-order valence-corrected chi connectivity index (χ1v) is 12.2. The molecule has 0 saturated heterocycles. The molecule has 0 N–H and O–H groups in total. The maximum absolute atomic E-state index is 13.3. The fraction of sp³-hybridized carbons (Fsp3) is 0.769. The molecule has 1 rings (SSSR count). The largest absolute Gasteiger partial charge is 0.350 e. The Labute approximate surface area is 183 Å². The van der Waals surface area contributed by atoms with Gasteiger partial charge in [0.15, 0.2) is 5.79 Å². The van der Waals surface area contributed by atoms with Crippen molar-refractivity contribution in [2.45, 2.75) is 111 Å². The van der Waals surface area contributed by atoms with Gasteiger partial charge in [-0.3, -0.25) is 0 Å². The smallest absolute Gasteiger partial charge is 0.168 e. The SMILES string of the molecule is CCCCCCCCC(CCCCCc1cc(F)cc(F)c1)C(C)(OCC)OCC. The van der Waals surface area contributed by atoms with Crippen LogP contribution in [0.5, 0.6) is 0 Å². The molecule has 1 atom stereocenters. The van der Waals surface area contributed by atoms with Gasteiger partial charge in [0.1, 0.15) is 11.6 Å². The van der Waals surface area contributed by atoms with Gasteiger partial charge < -0.3 is 9.47 Å². The summed E-state index contributed by atoms with van der Waals surface area (Å²) in [6.45, 7) is 9.69. The zero-order valence-corrected chi connectivity index (χ0v) is 19.8. The van der Waals surface area contributed by atoms with Crippen molar-refractivity contribution in [2.24, 2.45) is 5.92 Å². The van der Waals surface area contributed by atoms with Crippen molar-refractivity contribution < 1.29 is 18.3 Å². The van der Waals surface area contributed by atoms with Crippen molar-refractivity contribution in [1.82, 2.24) is 0 Å². The van der Waals surface area contributed by atoms with E-state index in [9.17, 15) is 8.78 Å². The summed E-state index contributed by atoms with van der Waals surface area (Å²) in [6, 6.07) is 3.80. The molecule has 1 unspecified atom stereocenters. The van der Waals surface area contributed by atoms with Crippen LogP contribution in [0.15, 0.2) is 18.2 Å². The van der Waals surface area contributed by atoms with Crippen LogP contribution in [0.4, 0.5) is 8.78 Å². The predicted molar refractivity (Wildman–Crippen MR) is 122 cm³/mol. The number of hydrogen-bond donors (Lipinski definition) is 0. The summed E-state index contributed by atoms with van der Waals surface area (Å²) in [5, 5.41) is 0. The molecule has 1 aromatic carbocycles. The van der Waals surface area contributed by atoms with Crippen LogP contribution < -0.4 is 0 Å². The molecule has 2 nitrogen and oxygen atoms in total. The number of aryl methyl sites for hydroxylation is 1. The van der Waals surface area contributed by atoms with E-state index in [1.807, 2.05) is 13.8 Å². The highest BCUT2D eigenvalue weighted by molar-refractivity contribution is 5.17. The van der Waals surface area contributed by atoms with Gasteiger partial charge in [0, 0.05) is 25.2 Å². The molecule has 30 heavy (non-hydrogen) atoms. The third-order valence-electron chi connectivity index (χ3n) is 5.95. The van der Waals surface area contributed by atoms with Crippen molar-refractivity contribution >= 4 is 0 Å². The molecule has 0 spiro atoms. The highest BCUT2D eigenvalue weighted by Crippen LogP contribution is 2.33. The fourth-order valence-electron chi connectivity index (χ4n) is 4.34. The molecule has 0 aliphatic heterocycles. The van der Waals surface area contributed by atoms with Crippen LogP contribution in [0.3, 0.4) is 0 Å². The summed E-state index contributed by atoms with van der Waals surface area (Å²) < 4.78 is 38.8. The monoisotopic (exact) mass is 426 g/mol. The van der Waals surface area contributed by atoms with Gasteiger partial charge in [-0.25, -0.2) is 8.78 Å². The van der Waals surface area contributed by atoms with Crippen molar-refractivity contribution in [3.63, 3.8) is 0 Å². The topological polar surface area (TPSA) is 18.5 Å². The maximum atomic E-state index is 13.3. The molecule has 4 heteroatoms. The second kappa shape index (κ2) is 15.8. The van der Waals surface area contributed by atoms with Crippen LogP contribution in [0.25, 0.3) is 0 Å². The van der Waals surface area contributed by atoms with Crippen molar-refractivity contribution in [1.29, 1.82) is 0 Å². The normalized spacial score (nSPS) is 13.0. The predicted octanol–water partition coefficient (Wildman–Crippen LogP) is 8.22. The second-order valence-electron chi connectivity index (χ2n) is 8.51. The first-order chi connectivity index (χ1) is 14.4. The van der Waals surface area contributed by atoms with Crippen molar-refractivity contribution in [3.8, 4) is 0 Å². The van der Waals surface area contributed by atoms with E-state index in [4.69, 9.17) is 9.47 Å². The lowest BCUT2D eigenvalue weighted by Crippen LogP contribution is -2.41. The minimum absolute atomic E-state index is 0.371. The van der Waals surface area contributed by atoms with Crippen LogP contribution in [0.2, 0.25) is 0 Å². The van der Waals surface area contributed by atoms with E-state index in [-0.39, 0.29) is 0 Å². The van der Waals surface area contributed by atoms with Crippen molar-refractivity contribution in [3.05, 3.63) is 35.4 Å². The zero-order chi connectivity index (χ0) is 22.2. The Morgan fingerprint density at radius 1 is 0.733 bits per heavy atom.